The molecule has 0 heterocycles. The van der Waals surface area contributed by atoms with Crippen LogP contribution in [0.1, 0.15) is 11.1 Å². The third-order valence-corrected chi connectivity index (χ3v) is 3.48. The quantitative estimate of drug-likeness (QED) is 0.384. The van der Waals surface area contributed by atoms with E-state index in [9.17, 15) is 0 Å². The monoisotopic (exact) mass is 321 g/mol. The van der Waals surface area contributed by atoms with Crippen LogP contribution in [0.2, 0.25) is 0 Å². The Morgan fingerprint density at radius 3 is 2.31 bits per heavy atom. The van der Waals surface area contributed by atoms with Crippen molar-refractivity contribution in [3.8, 4) is 11.1 Å². The Labute approximate surface area is 107 Å². The minimum Gasteiger partial charge on any atom is -0.410 e. The normalized spacial score (nSPS) is 14.9. The van der Waals surface area contributed by atoms with Crippen LogP contribution in [0.25, 0.3) is 11.1 Å². The molecule has 16 heavy (non-hydrogen) atoms. The standard InChI is InChI=1S/C13H8INO/c14-8-5-6-10-9-3-1-2-4-11(9)13(15-16)12(10)7-8/h1-7,16H/b15-13+. The van der Waals surface area contributed by atoms with Gasteiger partial charge >= 0.3 is 0 Å². The Kier molecular flexibility index (Phi) is 2.21. The second-order valence-electron chi connectivity index (χ2n) is 3.68. The lowest BCUT2D eigenvalue weighted by Crippen LogP contribution is -1.97. The maximum Gasteiger partial charge on any atom is 0.118 e. The fraction of sp³-hybridized carbons (Fsp3) is 0. The van der Waals surface area contributed by atoms with E-state index in [-0.39, 0.29) is 0 Å². The smallest absolute Gasteiger partial charge is 0.118 e. The summed E-state index contributed by atoms with van der Waals surface area (Å²) in [4.78, 5) is 0. The molecule has 1 aliphatic rings. The minimum absolute atomic E-state index is 0.670. The molecule has 2 nitrogen and oxygen atoms in total. The molecule has 3 heteroatoms. The fourth-order valence-corrected chi connectivity index (χ4v) is 2.62. The number of benzene rings is 2. The molecule has 1 N–H and O–H groups in total. The SMILES string of the molecule is O/N=C1\c2ccccc2-c2ccc(I)cc21. The summed E-state index contributed by atoms with van der Waals surface area (Å²) >= 11 is 2.26. The molecule has 0 amide bonds. The molecule has 0 aromatic heterocycles. The highest BCUT2D eigenvalue weighted by Crippen LogP contribution is 2.37. The van der Waals surface area contributed by atoms with Gasteiger partial charge in [0, 0.05) is 14.7 Å². The molecule has 1 aliphatic carbocycles. The predicted octanol–water partition coefficient (Wildman–Crippen LogP) is 3.50. The first-order valence-electron chi connectivity index (χ1n) is 4.93. The zero-order valence-corrected chi connectivity index (χ0v) is 10.5. The first kappa shape index (κ1) is 9.84. The van der Waals surface area contributed by atoms with Gasteiger partial charge in [-0.1, -0.05) is 35.5 Å². The number of halogens is 1. The summed E-state index contributed by atoms with van der Waals surface area (Å²) < 4.78 is 1.14. The summed E-state index contributed by atoms with van der Waals surface area (Å²) in [5.74, 6) is 0. The van der Waals surface area contributed by atoms with Gasteiger partial charge in [-0.15, -0.1) is 0 Å². The van der Waals surface area contributed by atoms with Crippen LogP contribution in [0.4, 0.5) is 0 Å². The van der Waals surface area contributed by atoms with Crippen molar-refractivity contribution in [2.75, 3.05) is 0 Å². The highest BCUT2D eigenvalue weighted by Gasteiger charge is 2.24. The minimum atomic E-state index is 0.670. The fourth-order valence-electron chi connectivity index (χ4n) is 2.12. The Balaban J connectivity index is 2.39. The summed E-state index contributed by atoms with van der Waals surface area (Å²) in [7, 11) is 0. The molecular formula is C13H8INO. The van der Waals surface area contributed by atoms with E-state index in [2.05, 4.69) is 45.9 Å². The Hall–Kier alpha value is -1.36. The van der Waals surface area contributed by atoms with Gasteiger partial charge in [0.2, 0.25) is 0 Å². The van der Waals surface area contributed by atoms with Crippen LogP contribution in [0.5, 0.6) is 0 Å². The van der Waals surface area contributed by atoms with E-state index in [1.54, 1.807) is 0 Å². The number of hydrogen-bond acceptors (Lipinski definition) is 2. The summed E-state index contributed by atoms with van der Waals surface area (Å²) in [5, 5.41) is 12.6. The molecule has 0 atom stereocenters. The summed E-state index contributed by atoms with van der Waals surface area (Å²) in [5.41, 5.74) is 4.97. The zero-order valence-electron chi connectivity index (χ0n) is 8.31. The van der Waals surface area contributed by atoms with Crippen LogP contribution >= 0.6 is 22.6 Å². The summed E-state index contributed by atoms with van der Waals surface area (Å²) in [6.45, 7) is 0. The van der Waals surface area contributed by atoms with Gasteiger partial charge in [-0.2, -0.15) is 0 Å². The molecule has 0 fully saturated rings. The molecule has 0 spiro atoms. The molecule has 0 bridgehead atoms. The summed E-state index contributed by atoms with van der Waals surface area (Å²) in [6.07, 6.45) is 0. The third kappa shape index (κ3) is 1.28. The van der Waals surface area contributed by atoms with Crippen molar-refractivity contribution in [1.29, 1.82) is 0 Å². The van der Waals surface area contributed by atoms with E-state index in [1.165, 1.54) is 0 Å². The molecule has 0 radical (unpaired) electrons. The van der Waals surface area contributed by atoms with Gasteiger partial charge in [0.05, 0.1) is 0 Å². The van der Waals surface area contributed by atoms with Crippen LogP contribution in [-0.4, -0.2) is 10.9 Å². The number of oxime groups is 1. The molecule has 0 saturated heterocycles. The lowest BCUT2D eigenvalue weighted by Gasteiger charge is -1.99. The van der Waals surface area contributed by atoms with Gasteiger partial charge in [0.1, 0.15) is 5.71 Å². The lowest BCUT2D eigenvalue weighted by atomic mass is 10.1. The highest BCUT2D eigenvalue weighted by atomic mass is 127. The molecule has 2 aromatic rings. The van der Waals surface area contributed by atoms with Crippen molar-refractivity contribution < 1.29 is 5.21 Å². The number of nitrogens with zero attached hydrogens (tertiary/aromatic N) is 1. The molecule has 3 rings (SSSR count). The lowest BCUT2D eigenvalue weighted by molar-refractivity contribution is 0.320. The topological polar surface area (TPSA) is 32.6 Å². The van der Waals surface area contributed by atoms with Crippen LogP contribution in [0.3, 0.4) is 0 Å². The van der Waals surface area contributed by atoms with Gasteiger partial charge in [0.15, 0.2) is 0 Å². The van der Waals surface area contributed by atoms with E-state index in [0.29, 0.717) is 5.71 Å². The number of fused-ring (bicyclic) bond motifs is 3. The highest BCUT2D eigenvalue weighted by molar-refractivity contribution is 14.1. The van der Waals surface area contributed by atoms with Gasteiger partial charge < -0.3 is 5.21 Å². The first-order chi connectivity index (χ1) is 7.81. The van der Waals surface area contributed by atoms with Crippen molar-refractivity contribution in [2.24, 2.45) is 5.16 Å². The molecular weight excluding hydrogens is 313 g/mol. The van der Waals surface area contributed by atoms with Crippen molar-refractivity contribution in [1.82, 2.24) is 0 Å². The van der Waals surface area contributed by atoms with Gasteiger partial charge in [-0.3, -0.25) is 0 Å². The van der Waals surface area contributed by atoms with Crippen molar-refractivity contribution in [3.05, 3.63) is 57.2 Å². The van der Waals surface area contributed by atoms with Gasteiger partial charge in [-0.25, -0.2) is 0 Å². The Bertz CT molecular complexity index is 605. The summed E-state index contributed by atoms with van der Waals surface area (Å²) in [6, 6.07) is 14.2. The van der Waals surface area contributed by atoms with E-state index < -0.39 is 0 Å². The van der Waals surface area contributed by atoms with Gasteiger partial charge in [0.25, 0.3) is 0 Å². The molecule has 0 unspecified atom stereocenters. The van der Waals surface area contributed by atoms with Crippen LogP contribution in [0, 0.1) is 3.57 Å². The second kappa shape index (κ2) is 3.59. The number of hydrogen-bond donors (Lipinski definition) is 1. The van der Waals surface area contributed by atoms with Crippen molar-refractivity contribution >= 4 is 28.3 Å². The molecule has 78 valence electrons. The third-order valence-electron chi connectivity index (χ3n) is 2.81. The average Bonchev–Trinajstić information content (AvgIpc) is 2.61. The first-order valence-corrected chi connectivity index (χ1v) is 6.01. The van der Waals surface area contributed by atoms with E-state index >= 15 is 0 Å². The maximum absolute atomic E-state index is 9.14. The average molecular weight is 321 g/mol. The largest absolute Gasteiger partial charge is 0.410 e. The Morgan fingerprint density at radius 2 is 1.56 bits per heavy atom. The molecule has 0 saturated carbocycles. The van der Waals surface area contributed by atoms with E-state index in [0.717, 1.165) is 25.8 Å². The van der Waals surface area contributed by atoms with Gasteiger partial charge in [-0.05, 0) is 45.9 Å². The van der Waals surface area contributed by atoms with Crippen LogP contribution < -0.4 is 0 Å². The Morgan fingerprint density at radius 1 is 0.875 bits per heavy atom. The van der Waals surface area contributed by atoms with Crippen LogP contribution in [0.15, 0.2) is 47.6 Å². The molecule has 2 aromatic carbocycles. The predicted molar refractivity (Wildman–Crippen MR) is 72.0 cm³/mol. The zero-order chi connectivity index (χ0) is 11.1. The van der Waals surface area contributed by atoms with Crippen molar-refractivity contribution in [2.45, 2.75) is 0 Å². The second-order valence-corrected chi connectivity index (χ2v) is 4.93. The molecule has 0 aliphatic heterocycles. The van der Waals surface area contributed by atoms with E-state index in [4.69, 9.17) is 5.21 Å². The van der Waals surface area contributed by atoms with E-state index in [1.807, 2.05) is 24.3 Å². The van der Waals surface area contributed by atoms with Crippen molar-refractivity contribution in [3.63, 3.8) is 0 Å². The van der Waals surface area contributed by atoms with Crippen LogP contribution in [-0.2, 0) is 0 Å². The maximum atomic E-state index is 9.14. The number of rotatable bonds is 0.